The van der Waals surface area contributed by atoms with E-state index in [-0.39, 0.29) is 31.4 Å². The summed E-state index contributed by atoms with van der Waals surface area (Å²) in [7, 11) is 0. The molecule has 0 aromatic heterocycles. The summed E-state index contributed by atoms with van der Waals surface area (Å²) in [4.78, 5) is 40.0. The minimum Gasteiger partial charge on any atom is -0.486 e. The number of anilines is 1. The first-order valence-electron chi connectivity index (χ1n) is 9.34. The fourth-order valence-corrected chi connectivity index (χ4v) is 3.47. The molecule has 0 radical (unpaired) electrons. The minimum absolute atomic E-state index is 0.0546. The van der Waals surface area contributed by atoms with E-state index in [2.05, 4.69) is 0 Å². The summed E-state index contributed by atoms with van der Waals surface area (Å²) in [5, 5.41) is 0. The first-order chi connectivity index (χ1) is 13.6. The summed E-state index contributed by atoms with van der Waals surface area (Å²) in [5.74, 6) is -0.325. The Morgan fingerprint density at radius 2 is 1.82 bits per heavy atom. The smallest absolute Gasteiger partial charge is 0.311 e. The van der Waals surface area contributed by atoms with Crippen LogP contribution >= 0.6 is 0 Å². The van der Waals surface area contributed by atoms with E-state index in [0.717, 1.165) is 0 Å². The zero-order valence-corrected chi connectivity index (χ0v) is 15.4. The van der Waals surface area contributed by atoms with Gasteiger partial charge >= 0.3 is 5.97 Å². The molecule has 2 fully saturated rings. The number of carbonyl (C=O) groups is 3. The number of rotatable bonds is 4. The number of morpholine rings is 1. The topological polar surface area (TPSA) is 94.6 Å². The second kappa shape index (κ2) is 8.05. The summed E-state index contributed by atoms with van der Waals surface area (Å²) in [6, 6.07) is 5.26. The molecule has 3 aliphatic heterocycles. The molecule has 3 heterocycles. The van der Waals surface area contributed by atoms with Crippen molar-refractivity contribution in [3.8, 4) is 11.5 Å². The van der Waals surface area contributed by atoms with Crippen molar-refractivity contribution in [3.63, 3.8) is 0 Å². The molecular formula is C19H22N2O7. The van der Waals surface area contributed by atoms with Crippen molar-refractivity contribution >= 4 is 23.5 Å². The van der Waals surface area contributed by atoms with Gasteiger partial charge in [-0.25, -0.2) is 0 Å². The number of carbonyl (C=O) groups excluding carboxylic acids is 3. The van der Waals surface area contributed by atoms with Crippen molar-refractivity contribution in [2.75, 3.05) is 57.6 Å². The Hall–Kier alpha value is -2.81. The van der Waals surface area contributed by atoms with Gasteiger partial charge in [0.05, 0.1) is 19.1 Å². The SMILES string of the molecule is O=C(OCC(=O)N1CCOCC1)[C@@H]1CC(=O)N(c2ccc3c(c2)OCCO3)C1. The number of hydrogen-bond acceptors (Lipinski definition) is 7. The third-order valence-corrected chi connectivity index (χ3v) is 5.00. The lowest BCUT2D eigenvalue weighted by atomic mass is 10.1. The van der Waals surface area contributed by atoms with Crippen LogP contribution in [0.25, 0.3) is 0 Å². The fourth-order valence-electron chi connectivity index (χ4n) is 3.47. The standard InChI is InChI=1S/C19H22N2O7/c22-17-9-13(19(24)28-12-18(23)20-3-5-25-6-4-20)11-21(17)14-1-2-15-16(10-14)27-8-7-26-15/h1-2,10,13H,3-9,11-12H2/t13-/m1/s1. The van der Waals surface area contributed by atoms with Crippen LogP contribution in [0.15, 0.2) is 18.2 Å². The summed E-state index contributed by atoms with van der Waals surface area (Å²) < 4.78 is 21.4. The van der Waals surface area contributed by atoms with Gasteiger partial charge in [0.15, 0.2) is 18.1 Å². The summed E-state index contributed by atoms with van der Waals surface area (Å²) in [6.45, 7) is 2.81. The predicted octanol–water partition coefficient (Wildman–Crippen LogP) is 0.213. The van der Waals surface area contributed by atoms with Gasteiger partial charge in [-0.05, 0) is 12.1 Å². The van der Waals surface area contributed by atoms with Gasteiger partial charge in [0, 0.05) is 37.8 Å². The van der Waals surface area contributed by atoms with Gasteiger partial charge in [0.25, 0.3) is 5.91 Å². The lowest BCUT2D eigenvalue weighted by molar-refractivity contribution is -0.156. The molecule has 2 amide bonds. The summed E-state index contributed by atoms with van der Waals surface area (Å²) >= 11 is 0. The number of esters is 1. The predicted molar refractivity (Wildman–Crippen MR) is 96.3 cm³/mol. The summed E-state index contributed by atoms with van der Waals surface area (Å²) in [6.07, 6.45) is 0.0546. The molecule has 28 heavy (non-hydrogen) atoms. The highest BCUT2D eigenvalue weighted by atomic mass is 16.6. The van der Waals surface area contributed by atoms with Crippen molar-refractivity contribution < 1.29 is 33.3 Å². The van der Waals surface area contributed by atoms with Crippen LogP contribution < -0.4 is 14.4 Å². The Morgan fingerprint density at radius 3 is 2.61 bits per heavy atom. The van der Waals surface area contributed by atoms with Crippen LogP contribution in [0, 0.1) is 5.92 Å². The van der Waals surface area contributed by atoms with Gasteiger partial charge < -0.3 is 28.7 Å². The Kier molecular flexibility index (Phi) is 5.34. The maximum atomic E-state index is 12.4. The van der Waals surface area contributed by atoms with Crippen molar-refractivity contribution in [1.82, 2.24) is 4.90 Å². The Labute approximate surface area is 162 Å². The number of nitrogens with zero attached hydrogens (tertiary/aromatic N) is 2. The zero-order valence-electron chi connectivity index (χ0n) is 15.4. The van der Waals surface area contributed by atoms with Crippen LogP contribution in [-0.4, -0.2) is 75.4 Å². The molecule has 0 spiro atoms. The first kappa shape index (κ1) is 18.5. The highest BCUT2D eigenvalue weighted by Gasteiger charge is 2.37. The highest BCUT2D eigenvalue weighted by Crippen LogP contribution is 2.36. The van der Waals surface area contributed by atoms with Gasteiger partial charge in [-0.2, -0.15) is 0 Å². The Morgan fingerprint density at radius 1 is 1.07 bits per heavy atom. The highest BCUT2D eigenvalue weighted by molar-refractivity contribution is 5.99. The van der Waals surface area contributed by atoms with Gasteiger partial charge in [0.1, 0.15) is 13.2 Å². The van der Waals surface area contributed by atoms with Gasteiger partial charge in [0.2, 0.25) is 5.91 Å². The summed E-state index contributed by atoms with van der Waals surface area (Å²) in [5.41, 5.74) is 0.647. The van der Waals surface area contributed by atoms with Crippen LogP contribution in [0.1, 0.15) is 6.42 Å². The molecule has 1 aromatic carbocycles. The quantitative estimate of drug-likeness (QED) is 0.679. The molecule has 0 N–H and O–H groups in total. The third-order valence-electron chi connectivity index (χ3n) is 5.00. The lowest BCUT2D eigenvalue weighted by Crippen LogP contribution is -2.43. The second-order valence-corrected chi connectivity index (χ2v) is 6.83. The molecule has 0 bridgehead atoms. The number of fused-ring (bicyclic) bond motifs is 1. The maximum Gasteiger partial charge on any atom is 0.311 e. The molecule has 0 aliphatic carbocycles. The van der Waals surface area contributed by atoms with E-state index in [1.54, 1.807) is 23.1 Å². The zero-order chi connectivity index (χ0) is 19.5. The van der Waals surface area contributed by atoms with Crippen LogP contribution in [-0.2, 0) is 23.9 Å². The normalized spacial score (nSPS) is 21.6. The average Bonchev–Trinajstić information content (AvgIpc) is 3.13. The van der Waals surface area contributed by atoms with Gasteiger partial charge in [-0.1, -0.05) is 0 Å². The molecule has 0 saturated carbocycles. The lowest BCUT2D eigenvalue weighted by Gasteiger charge is -2.26. The van der Waals surface area contributed by atoms with Crippen LogP contribution in [0.5, 0.6) is 11.5 Å². The van der Waals surface area contributed by atoms with Crippen molar-refractivity contribution in [1.29, 1.82) is 0 Å². The monoisotopic (exact) mass is 390 g/mol. The second-order valence-electron chi connectivity index (χ2n) is 6.83. The van der Waals surface area contributed by atoms with Crippen LogP contribution in [0.3, 0.4) is 0 Å². The van der Waals surface area contributed by atoms with E-state index in [4.69, 9.17) is 18.9 Å². The number of benzene rings is 1. The minimum atomic E-state index is -0.599. The molecule has 150 valence electrons. The number of ether oxygens (including phenoxy) is 4. The number of hydrogen-bond donors (Lipinski definition) is 0. The molecule has 0 unspecified atom stereocenters. The van der Waals surface area contributed by atoms with E-state index < -0.39 is 11.9 Å². The molecule has 9 heteroatoms. The van der Waals surface area contributed by atoms with Gasteiger partial charge in [-0.3, -0.25) is 14.4 Å². The number of amides is 2. The third kappa shape index (κ3) is 3.89. The molecule has 1 atom stereocenters. The molecule has 9 nitrogen and oxygen atoms in total. The van der Waals surface area contributed by atoms with E-state index in [9.17, 15) is 14.4 Å². The van der Waals surface area contributed by atoms with Crippen molar-refractivity contribution in [2.45, 2.75) is 6.42 Å². The van der Waals surface area contributed by atoms with Gasteiger partial charge in [-0.15, -0.1) is 0 Å². The van der Waals surface area contributed by atoms with E-state index in [1.165, 1.54) is 4.90 Å². The molecule has 2 saturated heterocycles. The fraction of sp³-hybridized carbons (Fsp3) is 0.526. The van der Waals surface area contributed by atoms with Crippen LogP contribution in [0.2, 0.25) is 0 Å². The molecular weight excluding hydrogens is 368 g/mol. The maximum absolute atomic E-state index is 12.4. The van der Waals surface area contributed by atoms with Crippen molar-refractivity contribution in [2.24, 2.45) is 5.92 Å². The average molecular weight is 390 g/mol. The first-order valence-corrected chi connectivity index (χ1v) is 9.34. The molecule has 1 aromatic rings. The molecule has 3 aliphatic rings. The Bertz CT molecular complexity index is 776. The van der Waals surface area contributed by atoms with E-state index in [0.29, 0.717) is 56.7 Å². The van der Waals surface area contributed by atoms with E-state index >= 15 is 0 Å². The van der Waals surface area contributed by atoms with Crippen LogP contribution in [0.4, 0.5) is 5.69 Å². The van der Waals surface area contributed by atoms with Crippen molar-refractivity contribution in [3.05, 3.63) is 18.2 Å². The Balaban J connectivity index is 1.33. The van der Waals surface area contributed by atoms with E-state index in [1.807, 2.05) is 0 Å². The molecule has 4 rings (SSSR count). The largest absolute Gasteiger partial charge is 0.486 e.